The standard InChI is InChI=1S/C26H23ClN2O4/c1-2-32-24-15-20(10-13-23(24)33-17-19-8-11-21(27)12-9-19)14-22-25(30)29(26(31)28-22)16-18-6-4-3-5-7-18/h3-15H,2,16-17H2,1H3,(H,28,31)/b22-14+. The van der Waals surface area contributed by atoms with Gasteiger partial charge in [0, 0.05) is 5.02 Å². The predicted molar refractivity (Wildman–Crippen MR) is 127 cm³/mol. The molecule has 0 spiro atoms. The van der Waals surface area contributed by atoms with E-state index in [1.54, 1.807) is 18.2 Å². The van der Waals surface area contributed by atoms with E-state index in [-0.39, 0.29) is 18.1 Å². The Labute approximate surface area is 197 Å². The van der Waals surface area contributed by atoms with Crippen LogP contribution in [0.2, 0.25) is 5.02 Å². The van der Waals surface area contributed by atoms with E-state index in [1.807, 2.05) is 67.6 Å². The fourth-order valence-electron chi connectivity index (χ4n) is 3.39. The smallest absolute Gasteiger partial charge is 0.329 e. The molecule has 0 aliphatic carbocycles. The van der Waals surface area contributed by atoms with Crippen molar-refractivity contribution < 1.29 is 19.1 Å². The molecule has 7 heteroatoms. The van der Waals surface area contributed by atoms with Gasteiger partial charge in [0.1, 0.15) is 12.3 Å². The molecule has 0 unspecified atom stereocenters. The number of ether oxygens (including phenoxy) is 2. The van der Waals surface area contributed by atoms with Gasteiger partial charge in [-0.05, 0) is 54.0 Å². The lowest BCUT2D eigenvalue weighted by atomic mass is 10.1. The van der Waals surface area contributed by atoms with Crippen LogP contribution in [0.1, 0.15) is 23.6 Å². The van der Waals surface area contributed by atoms with Gasteiger partial charge >= 0.3 is 6.03 Å². The minimum atomic E-state index is -0.442. The zero-order valence-electron chi connectivity index (χ0n) is 18.1. The van der Waals surface area contributed by atoms with E-state index < -0.39 is 6.03 Å². The Morgan fingerprint density at radius 1 is 0.909 bits per heavy atom. The summed E-state index contributed by atoms with van der Waals surface area (Å²) in [6, 6.07) is 21.7. The van der Waals surface area contributed by atoms with Crippen LogP contribution in [0.15, 0.2) is 78.5 Å². The average molecular weight is 463 g/mol. The maximum absolute atomic E-state index is 12.8. The van der Waals surface area contributed by atoms with Crippen LogP contribution in [0, 0.1) is 0 Å². The maximum atomic E-state index is 12.8. The number of halogens is 1. The number of nitrogens with one attached hydrogen (secondary N) is 1. The monoisotopic (exact) mass is 462 g/mol. The lowest BCUT2D eigenvalue weighted by molar-refractivity contribution is -0.123. The highest BCUT2D eigenvalue weighted by atomic mass is 35.5. The summed E-state index contributed by atoms with van der Waals surface area (Å²) in [5, 5.41) is 3.32. The van der Waals surface area contributed by atoms with Crippen molar-refractivity contribution in [2.45, 2.75) is 20.1 Å². The molecule has 0 radical (unpaired) electrons. The van der Waals surface area contributed by atoms with Gasteiger partial charge in [0.25, 0.3) is 5.91 Å². The second kappa shape index (κ2) is 10.2. The quantitative estimate of drug-likeness (QED) is 0.359. The van der Waals surface area contributed by atoms with Crippen molar-refractivity contribution in [3.8, 4) is 11.5 Å². The highest BCUT2D eigenvalue weighted by Gasteiger charge is 2.33. The maximum Gasteiger partial charge on any atom is 0.329 e. The molecule has 0 bridgehead atoms. The SMILES string of the molecule is CCOc1cc(/C=C2/NC(=O)N(Cc3ccccc3)C2=O)ccc1OCc1ccc(Cl)cc1. The lowest BCUT2D eigenvalue weighted by Gasteiger charge is -2.13. The van der Waals surface area contributed by atoms with Crippen molar-refractivity contribution in [3.05, 3.63) is 100 Å². The molecular weight excluding hydrogens is 440 g/mol. The van der Waals surface area contributed by atoms with Crippen LogP contribution in [0.25, 0.3) is 6.08 Å². The molecule has 1 aliphatic heterocycles. The minimum absolute atomic E-state index is 0.213. The molecule has 0 aromatic heterocycles. The number of rotatable bonds is 8. The number of benzene rings is 3. The van der Waals surface area contributed by atoms with Crippen LogP contribution in [0.5, 0.6) is 11.5 Å². The van der Waals surface area contributed by atoms with E-state index in [2.05, 4.69) is 5.32 Å². The van der Waals surface area contributed by atoms with E-state index in [0.717, 1.165) is 11.1 Å². The van der Waals surface area contributed by atoms with Crippen LogP contribution in [-0.4, -0.2) is 23.4 Å². The summed E-state index contributed by atoms with van der Waals surface area (Å²) in [4.78, 5) is 26.3. The van der Waals surface area contributed by atoms with Crippen molar-refractivity contribution in [2.24, 2.45) is 0 Å². The van der Waals surface area contributed by atoms with E-state index >= 15 is 0 Å². The summed E-state index contributed by atoms with van der Waals surface area (Å²) in [5.74, 6) is 0.769. The molecule has 4 rings (SSSR count). The number of imide groups is 1. The third kappa shape index (κ3) is 5.54. The molecule has 1 N–H and O–H groups in total. The molecule has 0 atom stereocenters. The first-order valence-corrected chi connectivity index (χ1v) is 10.9. The Morgan fingerprint density at radius 2 is 1.67 bits per heavy atom. The van der Waals surface area contributed by atoms with Crippen molar-refractivity contribution >= 4 is 29.6 Å². The van der Waals surface area contributed by atoms with Gasteiger partial charge in [-0.3, -0.25) is 9.69 Å². The van der Waals surface area contributed by atoms with Gasteiger partial charge in [-0.1, -0.05) is 60.1 Å². The van der Waals surface area contributed by atoms with Gasteiger partial charge in [-0.25, -0.2) is 4.79 Å². The lowest BCUT2D eigenvalue weighted by Crippen LogP contribution is -2.30. The van der Waals surface area contributed by atoms with Crippen molar-refractivity contribution in [3.63, 3.8) is 0 Å². The van der Waals surface area contributed by atoms with Gasteiger partial charge < -0.3 is 14.8 Å². The van der Waals surface area contributed by atoms with Gasteiger partial charge in [0.2, 0.25) is 0 Å². The summed E-state index contributed by atoms with van der Waals surface area (Å²) in [6.45, 7) is 2.92. The summed E-state index contributed by atoms with van der Waals surface area (Å²) >= 11 is 5.93. The third-order valence-electron chi connectivity index (χ3n) is 5.03. The van der Waals surface area contributed by atoms with E-state index in [9.17, 15) is 9.59 Å². The Kier molecular flexibility index (Phi) is 6.95. The largest absolute Gasteiger partial charge is 0.490 e. The second-order valence-electron chi connectivity index (χ2n) is 7.42. The molecule has 1 aliphatic rings. The Hall–Kier alpha value is -3.77. The number of urea groups is 1. The van der Waals surface area contributed by atoms with Crippen LogP contribution >= 0.6 is 11.6 Å². The summed E-state index contributed by atoms with van der Waals surface area (Å²) in [7, 11) is 0. The van der Waals surface area contributed by atoms with E-state index in [0.29, 0.717) is 35.3 Å². The van der Waals surface area contributed by atoms with Gasteiger partial charge in [-0.2, -0.15) is 0 Å². The summed E-state index contributed by atoms with van der Waals surface area (Å²) in [5.41, 5.74) is 2.78. The molecule has 168 valence electrons. The molecule has 0 saturated carbocycles. The normalized spacial score (nSPS) is 14.5. The zero-order valence-corrected chi connectivity index (χ0v) is 18.8. The summed E-state index contributed by atoms with van der Waals surface area (Å²) < 4.78 is 11.7. The minimum Gasteiger partial charge on any atom is -0.490 e. The van der Waals surface area contributed by atoms with Crippen LogP contribution < -0.4 is 14.8 Å². The van der Waals surface area contributed by atoms with Crippen LogP contribution in [0.4, 0.5) is 4.79 Å². The molecule has 1 fully saturated rings. The summed E-state index contributed by atoms with van der Waals surface area (Å²) in [6.07, 6.45) is 1.64. The molecule has 33 heavy (non-hydrogen) atoms. The highest BCUT2D eigenvalue weighted by molar-refractivity contribution is 6.30. The molecule has 3 amide bonds. The van der Waals surface area contributed by atoms with Gasteiger partial charge in [0.05, 0.1) is 13.2 Å². The number of hydrogen-bond donors (Lipinski definition) is 1. The molecule has 3 aromatic rings. The van der Waals surface area contributed by atoms with Crippen molar-refractivity contribution in [2.75, 3.05) is 6.61 Å². The van der Waals surface area contributed by atoms with Gasteiger partial charge in [0.15, 0.2) is 11.5 Å². The van der Waals surface area contributed by atoms with Crippen molar-refractivity contribution in [1.29, 1.82) is 0 Å². The highest BCUT2D eigenvalue weighted by Crippen LogP contribution is 2.30. The molecule has 1 heterocycles. The number of nitrogens with zero attached hydrogens (tertiary/aromatic N) is 1. The van der Waals surface area contributed by atoms with Crippen LogP contribution in [0.3, 0.4) is 0 Å². The first-order chi connectivity index (χ1) is 16.0. The Balaban J connectivity index is 1.50. The average Bonchev–Trinajstić information content (AvgIpc) is 3.08. The van der Waals surface area contributed by atoms with E-state index in [1.165, 1.54) is 4.90 Å². The number of carbonyl (C=O) groups is 2. The molecular formula is C26H23ClN2O4. The van der Waals surface area contributed by atoms with Gasteiger partial charge in [-0.15, -0.1) is 0 Å². The van der Waals surface area contributed by atoms with Crippen molar-refractivity contribution in [1.82, 2.24) is 10.2 Å². The first-order valence-electron chi connectivity index (χ1n) is 10.6. The fourth-order valence-corrected chi connectivity index (χ4v) is 3.52. The fraction of sp³-hybridized carbons (Fsp3) is 0.154. The number of hydrogen-bond acceptors (Lipinski definition) is 4. The number of carbonyl (C=O) groups excluding carboxylic acids is 2. The van der Waals surface area contributed by atoms with E-state index in [4.69, 9.17) is 21.1 Å². The number of amides is 3. The molecule has 6 nitrogen and oxygen atoms in total. The predicted octanol–water partition coefficient (Wildman–Crippen LogP) is 5.41. The second-order valence-corrected chi connectivity index (χ2v) is 7.86. The Bertz CT molecular complexity index is 1180. The molecule has 1 saturated heterocycles. The molecule has 3 aromatic carbocycles. The third-order valence-corrected chi connectivity index (χ3v) is 5.28. The Morgan fingerprint density at radius 3 is 2.39 bits per heavy atom. The first kappa shape index (κ1) is 22.4. The topological polar surface area (TPSA) is 67.9 Å². The zero-order chi connectivity index (χ0) is 23.2. The van der Waals surface area contributed by atoms with Crippen LogP contribution in [-0.2, 0) is 17.9 Å².